The first-order chi connectivity index (χ1) is 9.52. The predicted octanol–water partition coefficient (Wildman–Crippen LogP) is 1.38. The van der Waals surface area contributed by atoms with E-state index in [0.717, 1.165) is 17.8 Å². The van der Waals surface area contributed by atoms with Gasteiger partial charge in [0.1, 0.15) is 0 Å². The lowest BCUT2D eigenvalue weighted by Crippen LogP contribution is -2.22. The highest BCUT2D eigenvalue weighted by Crippen LogP contribution is 2.13. The standard InChI is InChI=1S/C14H19N5O/c1-4-11(15)12-6-5-10(9-16-12)19-8-7-13(17-19)14(20)18(2)3/h5-9,11H,4,15H2,1-3H3/t11-/m1/s1. The van der Waals surface area contributed by atoms with Crippen LogP contribution in [0.25, 0.3) is 5.69 Å². The minimum Gasteiger partial charge on any atom is -0.343 e. The van der Waals surface area contributed by atoms with Crippen molar-refractivity contribution in [2.75, 3.05) is 14.1 Å². The Labute approximate surface area is 118 Å². The third-order valence-corrected chi connectivity index (χ3v) is 3.07. The summed E-state index contributed by atoms with van der Waals surface area (Å²) in [6, 6.07) is 5.43. The summed E-state index contributed by atoms with van der Waals surface area (Å²) in [4.78, 5) is 17.6. The van der Waals surface area contributed by atoms with E-state index in [-0.39, 0.29) is 11.9 Å². The molecule has 1 amide bonds. The molecule has 0 aliphatic carbocycles. The van der Waals surface area contributed by atoms with Gasteiger partial charge in [0.15, 0.2) is 5.69 Å². The average molecular weight is 273 g/mol. The number of carbonyl (C=O) groups is 1. The molecule has 0 spiro atoms. The molecular weight excluding hydrogens is 254 g/mol. The van der Waals surface area contributed by atoms with Gasteiger partial charge in [0.2, 0.25) is 0 Å². The quantitative estimate of drug-likeness (QED) is 0.913. The van der Waals surface area contributed by atoms with Crippen molar-refractivity contribution in [2.24, 2.45) is 5.73 Å². The zero-order valence-corrected chi connectivity index (χ0v) is 11.9. The van der Waals surface area contributed by atoms with Crippen LogP contribution in [0.4, 0.5) is 0 Å². The maximum atomic E-state index is 11.8. The highest BCUT2D eigenvalue weighted by atomic mass is 16.2. The van der Waals surface area contributed by atoms with Gasteiger partial charge in [0.05, 0.1) is 17.6 Å². The van der Waals surface area contributed by atoms with Gasteiger partial charge in [0.25, 0.3) is 5.91 Å². The van der Waals surface area contributed by atoms with Gasteiger partial charge in [-0.05, 0) is 24.6 Å². The molecule has 0 fully saturated rings. The first-order valence-corrected chi connectivity index (χ1v) is 6.52. The molecule has 6 nitrogen and oxygen atoms in total. The number of hydrogen-bond acceptors (Lipinski definition) is 4. The van der Waals surface area contributed by atoms with Crippen molar-refractivity contribution >= 4 is 5.91 Å². The van der Waals surface area contributed by atoms with Crippen molar-refractivity contribution in [1.29, 1.82) is 0 Å². The van der Waals surface area contributed by atoms with Gasteiger partial charge in [-0.3, -0.25) is 9.78 Å². The predicted molar refractivity (Wildman–Crippen MR) is 76.6 cm³/mol. The molecule has 0 aliphatic heterocycles. The van der Waals surface area contributed by atoms with Crippen LogP contribution in [0.2, 0.25) is 0 Å². The van der Waals surface area contributed by atoms with Crippen LogP contribution >= 0.6 is 0 Å². The second kappa shape index (κ2) is 5.83. The van der Waals surface area contributed by atoms with Gasteiger partial charge in [0, 0.05) is 26.3 Å². The van der Waals surface area contributed by atoms with Gasteiger partial charge >= 0.3 is 0 Å². The SMILES string of the molecule is CC[C@@H](N)c1ccc(-n2ccc(C(=O)N(C)C)n2)cn1. The van der Waals surface area contributed by atoms with Gasteiger partial charge < -0.3 is 10.6 Å². The van der Waals surface area contributed by atoms with Crippen molar-refractivity contribution in [2.45, 2.75) is 19.4 Å². The van der Waals surface area contributed by atoms with E-state index in [4.69, 9.17) is 5.73 Å². The Bertz CT molecular complexity index is 588. The highest BCUT2D eigenvalue weighted by molar-refractivity contribution is 5.91. The Kier molecular flexibility index (Phi) is 4.14. The van der Waals surface area contributed by atoms with Crippen LogP contribution < -0.4 is 5.73 Å². The number of pyridine rings is 1. The molecule has 2 rings (SSSR count). The zero-order valence-electron chi connectivity index (χ0n) is 11.9. The fourth-order valence-electron chi connectivity index (χ4n) is 1.77. The second-order valence-electron chi connectivity index (χ2n) is 4.80. The lowest BCUT2D eigenvalue weighted by atomic mass is 10.1. The Morgan fingerprint density at radius 3 is 2.70 bits per heavy atom. The molecule has 0 aromatic carbocycles. The molecule has 0 bridgehead atoms. The number of amides is 1. The molecule has 2 heterocycles. The van der Waals surface area contributed by atoms with Crippen molar-refractivity contribution in [3.8, 4) is 5.69 Å². The van der Waals surface area contributed by atoms with Crippen LogP contribution in [0.5, 0.6) is 0 Å². The lowest BCUT2D eigenvalue weighted by Gasteiger charge is -2.09. The van der Waals surface area contributed by atoms with Gasteiger partial charge in [-0.1, -0.05) is 6.92 Å². The number of hydrogen-bond donors (Lipinski definition) is 1. The van der Waals surface area contributed by atoms with Crippen molar-refractivity contribution in [1.82, 2.24) is 19.7 Å². The molecule has 20 heavy (non-hydrogen) atoms. The van der Waals surface area contributed by atoms with Crippen LogP contribution in [0.15, 0.2) is 30.6 Å². The molecular formula is C14H19N5O. The molecule has 2 aromatic rings. The zero-order chi connectivity index (χ0) is 14.7. The largest absolute Gasteiger partial charge is 0.343 e. The fourth-order valence-corrected chi connectivity index (χ4v) is 1.77. The molecule has 0 saturated carbocycles. The normalized spacial score (nSPS) is 12.2. The molecule has 0 saturated heterocycles. The second-order valence-corrected chi connectivity index (χ2v) is 4.80. The van der Waals surface area contributed by atoms with Crippen LogP contribution in [-0.2, 0) is 0 Å². The lowest BCUT2D eigenvalue weighted by molar-refractivity contribution is 0.0821. The van der Waals surface area contributed by atoms with Crippen LogP contribution in [0.1, 0.15) is 35.6 Å². The van der Waals surface area contributed by atoms with Crippen molar-refractivity contribution < 1.29 is 4.79 Å². The summed E-state index contributed by atoms with van der Waals surface area (Å²) in [5, 5.41) is 4.25. The summed E-state index contributed by atoms with van der Waals surface area (Å²) in [6.07, 6.45) is 4.30. The summed E-state index contributed by atoms with van der Waals surface area (Å²) in [7, 11) is 3.40. The van der Waals surface area contributed by atoms with E-state index >= 15 is 0 Å². The molecule has 1 atom stereocenters. The van der Waals surface area contributed by atoms with E-state index in [1.807, 2.05) is 19.1 Å². The average Bonchev–Trinajstić information content (AvgIpc) is 2.95. The maximum absolute atomic E-state index is 11.8. The van der Waals surface area contributed by atoms with Crippen molar-refractivity contribution in [3.63, 3.8) is 0 Å². The van der Waals surface area contributed by atoms with E-state index in [1.165, 1.54) is 4.90 Å². The summed E-state index contributed by atoms with van der Waals surface area (Å²) in [5.74, 6) is -0.124. The molecule has 106 valence electrons. The Morgan fingerprint density at radius 1 is 1.40 bits per heavy atom. The summed E-state index contributed by atoms with van der Waals surface area (Å²) in [6.45, 7) is 2.02. The number of nitrogens with zero attached hydrogens (tertiary/aromatic N) is 4. The Hall–Kier alpha value is -2.21. The topological polar surface area (TPSA) is 77.0 Å². The number of aromatic nitrogens is 3. The van der Waals surface area contributed by atoms with Crippen LogP contribution in [0.3, 0.4) is 0 Å². The first-order valence-electron chi connectivity index (χ1n) is 6.52. The number of rotatable bonds is 4. The molecule has 0 radical (unpaired) electrons. The highest BCUT2D eigenvalue weighted by Gasteiger charge is 2.12. The summed E-state index contributed by atoms with van der Waals surface area (Å²) >= 11 is 0. The van der Waals surface area contributed by atoms with Gasteiger partial charge in [-0.25, -0.2) is 4.68 Å². The summed E-state index contributed by atoms with van der Waals surface area (Å²) in [5.41, 5.74) is 7.99. The molecule has 0 aliphatic rings. The van der Waals surface area contributed by atoms with Gasteiger partial charge in [-0.15, -0.1) is 0 Å². The molecule has 6 heteroatoms. The van der Waals surface area contributed by atoms with Crippen LogP contribution in [0, 0.1) is 0 Å². The maximum Gasteiger partial charge on any atom is 0.273 e. The van der Waals surface area contributed by atoms with Crippen molar-refractivity contribution in [3.05, 3.63) is 42.0 Å². The minimum absolute atomic E-state index is 0.0486. The first kappa shape index (κ1) is 14.2. The molecule has 2 aromatic heterocycles. The Balaban J connectivity index is 2.22. The fraction of sp³-hybridized carbons (Fsp3) is 0.357. The van der Waals surface area contributed by atoms with E-state index in [2.05, 4.69) is 10.1 Å². The molecule has 0 unspecified atom stereocenters. The van der Waals surface area contributed by atoms with Crippen LogP contribution in [-0.4, -0.2) is 39.7 Å². The molecule has 2 N–H and O–H groups in total. The Morgan fingerprint density at radius 2 is 2.15 bits per heavy atom. The minimum atomic E-state index is -0.124. The number of nitrogens with two attached hydrogens (primary N) is 1. The van der Waals surface area contributed by atoms with E-state index < -0.39 is 0 Å². The smallest absolute Gasteiger partial charge is 0.273 e. The summed E-state index contributed by atoms with van der Waals surface area (Å²) < 4.78 is 1.63. The number of carbonyl (C=O) groups excluding carboxylic acids is 1. The third kappa shape index (κ3) is 2.85. The van der Waals surface area contributed by atoms with Gasteiger partial charge in [-0.2, -0.15) is 5.10 Å². The third-order valence-electron chi connectivity index (χ3n) is 3.07. The van der Waals surface area contributed by atoms with E-state index in [9.17, 15) is 4.79 Å². The van der Waals surface area contributed by atoms with E-state index in [0.29, 0.717) is 5.69 Å². The van der Waals surface area contributed by atoms with E-state index in [1.54, 1.807) is 37.2 Å². The monoisotopic (exact) mass is 273 g/mol.